The molecule has 6 rings (SSSR count). The van der Waals surface area contributed by atoms with Crippen LogP contribution in [0, 0.1) is 0 Å². The lowest BCUT2D eigenvalue weighted by Crippen LogP contribution is -2.39. The Morgan fingerprint density at radius 2 is 1.51 bits per heavy atom. The fraction of sp³-hybridized carbons (Fsp3) is 0.267. The average molecular weight is 710 g/mol. The summed E-state index contributed by atoms with van der Waals surface area (Å²) in [5.41, 5.74) is 7.92. The molecule has 0 fully saturated rings. The number of hydrogen-bond acceptors (Lipinski definition) is 8. The van der Waals surface area contributed by atoms with E-state index in [1.54, 1.807) is 32.2 Å². The van der Waals surface area contributed by atoms with Crippen molar-refractivity contribution in [3.63, 3.8) is 0 Å². The lowest BCUT2D eigenvalue weighted by atomic mass is 9.76. The number of ether oxygens (including phenoxy) is 2. The number of nitrogens with zero attached hydrogens (tertiary/aromatic N) is 2. The second-order valence-electron chi connectivity index (χ2n) is 13.7. The monoisotopic (exact) mass is 709 g/mol. The van der Waals surface area contributed by atoms with Crippen molar-refractivity contribution in [1.82, 2.24) is 0 Å². The largest absolute Gasteiger partial charge is 0.492 e. The van der Waals surface area contributed by atoms with Gasteiger partial charge in [-0.1, -0.05) is 110 Å². The van der Waals surface area contributed by atoms with Crippen molar-refractivity contribution >= 4 is 28.8 Å². The topological polar surface area (TPSA) is 89.5 Å². The minimum absolute atomic E-state index is 0.00315. The minimum atomic E-state index is -0.695. The predicted molar refractivity (Wildman–Crippen MR) is 211 cm³/mol. The SMILES string of the molecule is CCOC(=O)C(Cc1ccc(OCCN2CCC(C)(C)c3cc(/C(=N/OC)c4ccccc4)ccc32)cc1)Nc1ccccc1C(=O)c1ccccc1. The molecule has 8 nitrogen and oxygen atoms in total. The first-order chi connectivity index (χ1) is 25.8. The molecular weight excluding hydrogens is 663 g/mol. The molecule has 0 spiro atoms. The van der Waals surface area contributed by atoms with Crippen molar-refractivity contribution in [3.05, 3.63) is 161 Å². The summed E-state index contributed by atoms with van der Waals surface area (Å²) in [7, 11) is 1.58. The maximum atomic E-state index is 13.3. The van der Waals surface area contributed by atoms with E-state index in [9.17, 15) is 9.59 Å². The number of hydrogen-bond donors (Lipinski definition) is 1. The van der Waals surface area contributed by atoms with E-state index in [0.717, 1.165) is 47.7 Å². The Labute approximate surface area is 312 Å². The van der Waals surface area contributed by atoms with Crippen LogP contribution in [0.15, 0.2) is 133 Å². The third-order valence-corrected chi connectivity index (χ3v) is 9.68. The van der Waals surface area contributed by atoms with E-state index in [1.807, 2.05) is 91.0 Å². The van der Waals surface area contributed by atoms with E-state index in [-0.39, 0.29) is 23.8 Å². The summed E-state index contributed by atoms with van der Waals surface area (Å²) in [6, 6.07) is 40.2. The lowest BCUT2D eigenvalue weighted by Gasteiger charge is -2.40. The minimum Gasteiger partial charge on any atom is -0.492 e. The molecule has 1 unspecified atom stereocenters. The Hall–Kier alpha value is -5.89. The number of rotatable bonds is 15. The molecule has 8 heteroatoms. The van der Waals surface area contributed by atoms with Crippen molar-refractivity contribution in [1.29, 1.82) is 0 Å². The fourth-order valence-corrected chi connectivity index (χ4v) is 6.77. The number of carbonyl (C=O) groups excluding carboxylic acids is 2. The summed E-state index contributed by atoms with van der Waals surface area (Å²) < 4.78 is 11.7. The van der Waals surface area contributed by atoms with E-state index in [0.29, 0.717) is 29.8 Å². The molecular formula is C45H47N3O5. The molecule has 0 aromatic heterocycles. The molecule has 53 heavy (non-hydrogen) atoms. The van der Waals surface area contributed by atoms with Crippen molar-refractivity contribution in [2.75, 3.05) is 43.6 Å². The zero-order chi connectivity index (χ0) is 37.2. The molecule has 5 aromatic rings. The normalized spacial score (nSPS) is 14.1. The van der Waals surface area contributed by atoms with Gasteiger partial charge in [-0.05, 0) is 66.3 Å². The quantitative estimate of drug-likeness (QED) is 0.0505. The summed E-state index contributed by atoms with van der Waals surface area (Å²) in [4.78, 5) is 34.1. The highest BCUT2D eigenvalue weighted by atomic mass is 16.6. The molecule has 0 amide bonds. The Morgan fingerprint density at radius 3 is 2.21 bits per heavy atom. The van der Waals surface area contributed by atoms with Gasteiger partial charge in [0.25, 0.3) is 0 Å². The zero-order valence-electron chi connectivity index (χ0n) is 30.9. The molecule has 0 saturated carbocycles. The van der Waals surface area contributed by atoms with Gasteiger partial charge in [-0.15, -0.1) is 0 Å². The number of esters is 1. The maximum Gasteiger partial charge on any atom is 0.328 e. The number of nitrogens with one attached hydrogen (secondary N) is 1. The fourth-order valence-electron chi connectivity index (χ4n) is 6.77. The van der Waals surface area contributed by atoms with Gasteiger partial charge in [0.2, 0.25) is 0 Å². The molecule has 1 aliphatic rings. The highest BCUT2D eigenvalue weighted by Gasteiger charge is 2.32. The van der Waals surface area contributed by atoms with E-state index in [4.69, 9.17) is 14.3 Å². The molecule has 1 heterocycles. The molecule has 0 bridgehead atoms. The first-order valence-corrected chi connectivity index (χ1v) is 18.2. The van der Waals surface area contributed by atoms with E-state index >= 15 is 0 Å². The summed E-state index contributed by atoms with van der Waals surface area (Å²) in [5.74, 6) is 0.256. The van der Waals surface area contributed by atoms with Gasteiger partial charge in [0.15, 0.2) is 5.78 Å². The standard InChI is InChI=1S/C45H47N3O5/c1-5-52-44(50)40(46-39-19-13-12-18-37(39)43(49)34-16-10-7-11-17-34)30-32-20-23-36(24-21-32)53-29-28-48-27-26-45(2,3)38-31-35(22-25-41(38)48)42(47-51-4)33-14-8-6-9-15-33/h6-25,31,40,46H,5,26-30H2,1-4H3/b47-42+. The van der Waals surface area contributed by atoms with Crippen molar-refractivity contribution in [2.24, 2.45) is 5.16 Å². The number of benzene rings is 5. The van der Waals surface area contributed by atoms with Crippen molar-refractivity contribution in [2.45, 2.75) is 45.1 Å². The average Bonchev–Trinajstić information content (AvgIpc) is 3.19. The van der Waals surface area contributed by atoms with Crippen LogP contribution in [0.1, 0.15) is 65.4 Å². The Balaban J connectivity index is 1.11. The van der Waals surface area contributed by atoms with Gasteiger partial charge in [0, 0.05) is 46.6 Å². The van der Waals surface area contributed by atoms with Crippen molar-refractivity contribution in [3.8, 4) is 5.75 Å². The molecule has 0 aliphatic carbocycles. The molecule has 0 radical (unpaired) electrons. The predicted octanol–water partition coefficient (Wildman–Crippen LogP) is 8.47. The molecule has 0 saturated heterocycles. The van der Waals surface area contributed by atoms with Gasteiger partial charge >= 0.3 is 5.97 Å². The Bertz CT molecular complexity index is 2030. The van der Waals surface area contributed by atoms with Crippen LogP contribution in [0.3, 0.4) is 0 Å². The van der Waals surface area contributed by atoms with Crippen LogP contribution in [-0.4, -0.2) is 56.9 Å². The van der Waals surface area contributed by atoms with Gasteiger partial charge in [-0.25, -0.2) is 4.79 Å². The maximum absolute atomic E-state index is 13.3. The van der Waals surface area contributed by atoms with Gasteiger partial charge in [0.05, 0.1) is 13.2 Å². The van der Waals surface area contributed by atoms with Gasteiger partial charge in [-0.3, -0.25) is 4.79 Å². The summed E-state index contributed by atoms with van der Waals surface area (Å²) in [6.45, 7) is 8.82. The zero-order valence-corrected chi connectivity index (χ0v) is 30.9. The summed E-state index contributed by atoms with van der Waals surface area (Å²) in [5, 5.41) is 7.69. The smallest absolute Gasteiger partial charge is 0.328 e. The number of para-hydroxylation sites is 1. The van der Waals surface area contributed by atoms with Crippen LogP contribution < -0.4 is 15.0 Å². The van der Waals surface area contributed by atoms with Crippen LogP contribution in [-0.2, 0) is 26.2 Å². The van der Waals surface area contributed by atoms with E-state index in [2.05, 4.69) is 47.4 Å². The Morgan fingerprint density at radius 1 is 0.830 bits per heavy atom. The number of oxime groups is 1. The first-order valence-electron chi connectivity index (χ1n) is 18.2. The van der Waals surface area contributed by atoms with Crippen LogP contribution in [0.25, 0.3) is 0 Å². The van der Waals surface area contributed by atoms with Gasteiger partial charge in [-0.2, -0.15) is 0 Å². The van der Waals surface area contributed by atoms with Gasteiger partial charge < -0.3 is 24.5 Å². The van der Waals surface area contributed by atoms with E-state index in [1.165, 1.54) is 11.3 Å². The van der Waals surface area contributed by atoms with Crippen LogP contribution >= 0.6 is 0 Å². The second kappa shape index (κ2) is 17.1. The molecule has 1 aliphatic heterocycles. The Kier molecular flexibility index (Phi) is 11.9. The second-order valence-corrected chi connectivity index (χ2v) is 13.7. The highest BCUT2D eigenvalue weighted by molar-refractivity contribution is 6.13. The summed E-state index contributed by atoms with van der Waals surface area (Å²) >= 11 is 0. The highest BCUT2D eigenvalue weighted by Crippen LogP contribution is 2.40. The number of ketones is 1. The molecule has 1 N–H and O–H groups in total. The lowest BCUT2D eigenvalue weighted by molar-refractivity contribution is -0.144. The molecule has 5 aromatic carbocycles. The number of carbonyl (C=O) groups is 2. The van der Waals surface area contributed by atoms with Crippen LogP contribution in [0.4, 0.5) is 11.4 Å². The van der Waals surface area contributed by atoms with Crippen molar-refractivity contribution < 1.29 is 23.9 Å². The van der Waals surface area contributed by atoms with Gasteiger partial charge in [0.1, 0.15) is 31.2 Å². The van der Waals surface area contributed by atoms with Crippen LogP contribution in [0.2, 0.25) is 0 Å². The number of fused-ring (bicyclic) bond motifs is 1. The third kappa shape index (κ3) is 8.95. The van der Waals surface area contributed by atoms with E-state index < -0.39 is 6.04 Å². The third-order valence-electron chi connectivity index (χ3n) is 9.68. The number of anilines is 2. The molecule has 1 atom stereocenters. The first kappa shape index (κ1) is 36.9. The summed E-state index contributed by atoms with van der Waals surface area (Å²) in [6.07, 6.45) is 1.39. The molecule has 272 valence electrons. The van der Waals surface area contributed by atoms with Crippen LogP contribution in [0.5, 0.6) is 5.75 Å².